The van der Waals surface area contributed by atoms with E-state index in [-0.39, 0.29) is 17.2 Å². The topological polar surface area (TPSA) is 58.6 Å². The van der Waals surface area contributed by atoms with Crippen molar-refractivity contribution >= 4 is 23.4 Å². The summed E-state index contributed by atoms with van der Waals surface area (Å²) in [5.41, 5.74) is 0. The normalized spacial score (nSPS) is 12.2. The fraction of sp³-hybridized carbons (Fsp3) is 0.857. The van der Waals surface area contributed by atoms with E-state index in [0.29, 0.717) is 6.42 Å². The lowest BCUT2D eigenvalue weighted by Crippen LogP contribution is -2.42. The molecule has 0 saturated carbocycles. The number of nitrogens with one attached hydrogen (secondary N) is 1. The summed E-state index contributed by atoms with van der Waals surface area (Å²) >= 11 is 4.60. The molecule has 0 aliphatic rings. The Kier molecular flexibility index (Phi) is 10.5. The standard InChI is InChI=1S/C14H27NO3S/c1-4-7-8-9-10-12(15-14(17)19)13(16)18-11(5-2)6-3/h11-12H,4-10H2,1-3H3,(H2,15,17,19). The Hall–Kier alpha value is -0.840. The zero-order chi connectivity index (χ0) is 14.7. The molecule has 5 heteroatoms. The summed E-state index contributed by atoms with van der Waals surface area (Å²) in [4.78, 5) is 12.0. The largest absolute Gasteiger partial charge is 0.487 e. The second kappa shape index (κ2) is 11.0. The van der Waals surface area contributed by atoms with Gasteiger partial charge in [0.15, 0.2) is 0 Å². The summed E-state index contributed by atoms with van der Waals surface area (Å²) in [6, 6.07) is -0.532. The minimum atomic E-state index is -0.532. The van der Waals surface area contributed by atoms with Gasteiger partial charge < -0.3 is 15.2 Å². The number of rotatable bonds is 10. The van der Waals surface area contributed by atoms with Crippen molar-refractivity contribution in [2.24, 2.45) is 0 Å². The molecule has 0 aliphatic carbocycles. The molecule has 19 heavy (non-hydrogen) atoms. The van der Waals surface area contributed by atoms with Crippen LogP contribution in [0.4, 0.5) is 0 Å². The molecular weight excluding hydrogens is 262 g/mol. The zero-order valence-corrected chi connectivity index (χ0v) is 13.1. The van der Waals surface area contributed by atoms with Gasteiger partial charge in [-0.25, -0.2) is 4.79 Å². The number of thiocarbonyl (C=S) groups is 1. The van der Waals surface area contributed by atoms with Gasteiger partial charge in [-0.15, -0.1) is 0 Å². The Balaban J connectivity index is 4.29. The third-order valence-corrected chi connectivity index (χ3v) is 3.24. The van der Waals surface area contributed by atoms with Crippen LogP contribution in [0.15, 0.2) is 0 Å². The Bertz CT molecular complexity index is 267. The molecule has 4 nitrogen and oxygen atoms in total. The van der Waals surface area contributed by atoms with Gasteiger partial charge in [0.05, 0.1) is 0 Å². The Morgan fingerprint density at radius 2 is 1.84 bits per heavy atom. The molecule has 2 N–H and O–H groups in total. The monoisotopic (exact) mass is 289 g/mol. The molecule has 0 radical (unpaired) electrons. The summed E-state index contributed by atoms with van der Waals surface area (Å²) in [6.07, 6.45) is 6.48. The van der Waals surface area contributed by atoms with E-state index in [0.717, 1.165) is 38.5 Å². The van der Waals surface area contributed by atoms with E-state index in [4.69, 9.17) is 9.84 Å². The van der Waals surface area contributed by atoms with Crippen molar-refractivity contribution in [1.29, 1.82) is 0 Å². The molecule has 1 atom stereocenters. The summed E-state index contributed by atoms with van der Waals surface area (Å²) in [5, 5.41) is 11.4. The van der Waals surface area contributed by atoms with Gasteiger partial charge in [-0.2, -0.15) is 0 Å². The molecule has 0 spiro atoms. The van der Waals surface area contributed by atoms with Gasteiger partial charge in [0.25, 0.3) is 5.17 Å². The summed E-state index contributed by atoms with van der Waals surface area (Å²) in [5.74, 6) is -0.318. The predicted molar refractivity (Wildman–Crippen MR) is 81.4 cm³/mol. The van der Waals surface area contributed by atoms with Gasteiger partial charge in [0.1, 0.15) is 12.1 Å². The van der Waals surface area contributed by atoms with Gasteiger partial charge in [0, 0.05) is 0 Å². The van der Waals surface area contributed by atoms with Crippen LogP contribution in [0.3, 0.4) is 0 Å². The summed E-state index contributed by atoms with van der Waals surface area (Å²) < 4.78 is 5.40. The maximum absolute atomic E-state index is 12.0. The van der Waals surface area contributed by atoms with E-state index >= 15 is 0 Å². The third-order valence-electron chi connectivity index (χ3n) is 3.12. The van der Waals surface area contributed by atoms with Crippen molar-refractivity contribution in [2.75, 3.05) is 0 Å². The zero-order valence-electron chi connectivity index (χ0n) is 12.3. The number of hydrogen-bond donors (Lipinski definition) is 2. The maximum atomic E-state index is 12.0. The van der Waals surface area contributed by atoms with Crippen molar-refractivity contribution in [3.63, 3.8) is 0 Å². The van der Waals surface area contributed by atoms with Crippen LogP contribution >= 0.6 is 12.2 Å². The molecule has 0 aliphatic heterocycles. The lowest BCUT2D eigenvalue weighted by atomic mass is 10.1. The van der Waals surface area contributed by atoms with E-state index in [1.807, 2.05) is 13.8 Å². The molecule has 0 aromatic heterocycles. The average Bonchev–Trinajstić information content (AvgIpc) is 2.38. The van der Waals surface area contributed by atoms with Crippen LogP contribution in [-0.4, -0.2) is 28.4 Å². The molecule has 1 unspecified atom stereocenters. The van der Waals surface area contributed by atoms with Crippen LogP contribution in [0.1, 0.15) is 65.7 Å². The van der Waals surface area contributed by atoms with Crippen LogP contribution in [-0.2, 0) is 9.53 Å². The second-order valence-corrected chi connectivity index (χ2v) is 5.11. The quantitative estimate of drug-likeness (QED) is 0.366. The van der Waals surface area contributed by atoms with E-state index in [1.165, 1.54) is 0 Å². The Morgan fingerprint density at radius 1 is 1.21 bits per heavy atom. The fourth-order valence-corrected chi connectivity index (χ4v) is 2.02. The van der Waals surface area contributed by atoms with E-state index < -0.39 is 6.04 Å². The van der Waals surface area contributed by atoms with E-state index in [9.17, 15) is 4.79 Å². The summed E-state index contributed by atoms with van der Waals surface area (Å²) in [6.45, 7) is 6.11. The lowest BCUT2D eigenvalue weighted by Gasteiger charge is -2.20. The number of carbonyl (C=O) groups is 1. The molecule has 0 rings (SSSR count). The van der Waals surface area contributed by atoms with Crippen LogP contribution in [0.25, 0.3) is 0 Å². The first kappa shape index (κ1) is 18.2. The van der Waals surface area contributed by atoms with Crippen molar-refractivity contribution in [1.82, 2.24) is 5.32 Å². The second-order valence-electron chi connectivity index (χ2n) is 4.73. The number of aliphatic hydroxyl groups excluding tert-OH is 1. The van der Waals surface area contributed by atoms with Gasteiger partial charge in [-0.3, -0.25) is 0 Å². The van der Waals surface area contributed by atoms with Gasteiger partial charge in [-0.1, -0.05) is 46.5 Å². The van der Waals surface area contributed by atoms with Gasteiger partial charge in [-0.05, 0) is 31.5 Å². The smallest absolute Gasteiger partial charge is 0.328 e. The van der Waals surface area contributed by atoms with E-state index in [2.05, 4.69) is 24.5 Å². The first-order valence-corrected chi connectivity index (χ1v) is 7.65. The molecule has 0 aromatic rings. The highest BCUT2D eigenvalue weighted by Gasteiger charge is 2.22. The van der Waals surface area contributed by atoms with Crippen molar-refractivity contribution in [3.8, 4) is 0 Å². The Morgan fingerprint density at radius 3 is 2.32 bits per heavy atom. The van der Waals surface area contributed by atoms with Crippen LogP contribution in [0, 0.1) is 0 Å². The molecule has 0 aromatic carbocycles. The SMILES string of the molecule is CCCCCCC(NC(O)=S)C(=O)OC(CC)CC. The van der Waals surface area contributed by atoms with Crippen LogP contribution < -0.4 is 5.32 Å². The highest BCUT2D eigenvalue weighted by Crippen LogP contribution is 2.10. The number of aliphatic hydroxyl groups is 1. The third kappa shape index (κ3) is 8.81. The van der Waals surface area contributed by atoms with Crippen LogP contribution in [0.5, 0.6) is 0 Å². The van der Waals surface area contributed by atoms with Crippen molar-refractivity contribution in [2.45, 2.75) is 77.9 Å². The molecule has 0 saturated heterocycles. The highest BCUT2D eigenvalue weighted by atomic mass is 32.1. The van der Waals surface area contributed by atoms with Gasteiger partial charge in [0.2, 0.25) is 0 Å². The summed E-state index contributed by atoms with van der Waals surface area (Å²) in [7, 11) is 0. The number of ether oxygens (including phenoxy) is 1. The molecule has 0 amide bonds. The molecule has 0 fully saturated rings. The number of unbranched alkanes of at least 4 members (excludes halogenated alkanes) is 3. The molecule has 112 valence electrons. The predicted octanol–water partition coefficient (Wildman–Crippen LogP) is 3.49. The molecular formula is C14H27NO3S. The number of esters is 1. The first-order valence-electron chi connectivity index (χ1n) is 7.25. The number of hydrogen-bond acceptors (Lipinski definition) is 3. The highest BCUT2D eigenvalue weighted by molar-refractivity contribution is 7.79. The lowest BCUT2D eigenvalue weighted by molar-refractivity contribution is -0.151. The Labute approximate surface area is 121 Å². The number of carbonyl (C=O) groups excluding carboxylic acids is 1. The molecule has 0 bridgehead atoms. The fourth-order valence-electron chi connectivity index (χ4n) is 1.87. The van der Waals surface area contributed by atoms with Crippen molar-refractivity contribution < 1.29 is 14.6 Å². The van der Waals surface area contributed by atoms with E-state index in [1.54, 1.807) is 0 Å². The minimum Gasteiger partial charge on any atom is -0.487 e. The average molecular weight is 289 g/mol. The van der Waals surface area contributed by atoms with Crippen LogP contribution in [0.2, 0.25) is 0 Å². The first-order chi connectivity index (χ1) is 9.04. The van der Waals surface area contributed by atoms with Crippen molar-refractivity contribution in [3.05, 3.63) is 0 Å². The van der Waals surface area contributed by atoms with Gasteiger partial charge >= 0.3 is 5.97 Å². The molecule has 0 heterocycles. The maximum Gasteiger partial charge on any atom is 0.328 e. The minimum absolute atomic E-state index is 0.0558.